The Hall–Kier alpha value is -2.17. The quantitative estimate of drug-likeness (QED) is 0.865. The molecule has 21 heavy (non-hydrogen) atoms. The van der Waals surface area contributed by atoms with Crippen LogP contribution in [-0.2, 0) is 0 Å². The fourth-order valence-electron chi connectivity index (χ4n) is 2.56. The average Bonchev–Trinajstić information content (AvgIpc) is 2.56. The Labute approximate surface area is 125 Å². The van der Waals surface area contributed by atoms with Gasteiger partial charge in [0.2, 0.25) is 5.95 Å². The first kappa shape index (κ1) is 13.8. The van der Waals surface area contributed by atoms with Crippen LogP contribution < -0.4 is 9.80 Å². The normalized spacial score (nSPS) is 15.6. The zero-order chi connectivity index (χ0) is 14.7. The van der Waals surface area contributed by atoms with E-state index in [1.54, 1.807) is 0 Å². The van der Waals surface area contributed by atoms with Crippen LogP contribution in [0.5, 0.6) is 0 Å². The van der Waals surface area contributed by atoms with E-state index in [0.717, 1.165) is 37.8 Å². The van der Waals surface area contributed by atoms with E-state index in [1.807, 2.05) is 24.7 Å². The Balaban J connectivity index is 1.67. The molecule has 2 aromatic heterocycles. The summed E-state index contributed by atoms with van der Waals surface area (Å²) < 4.78 is 0. The number of rotatable bonds is 3. The number of piperazine rings is 1. The molecule has 0 N–H and O–H groups in total. The van der Waals surface area contributed by atoms with Crippen molar-refractivity contribution in [2.75, 3.05) is 36.0 Å². The zero-order valence-corrected chi connectivity index (χ0v) is 12.6. The minimum atomic E-state index is 0.435. The predicted octanol–water partition coefficient (Wildman–Crippen LogP) is 2.32. The van der Waals surface area contributed by atoms with Crippen LogP contribution in [-0.4, -0.2) is 41.1 Å². The van der Waals surface area contributed by atoms with Crippen LogP contribution in [0.1, 0.15) is 25.5 Å². The van der Waals surface area contributed by atoms with Crippen LogP contribution in [0.2, 0.25) is 0 Å². The standard InChI is InChI=1S/C16H21N5/c1-13(2)15-5-8-18-16(19-15)21-11-9-20(10-12-21)14-3-6-17-7-4-14/h3-8,13H,9-12H2,1-2H3. The first-order valence-electron chi connectivity index (χ1n) is 7.47. The minimum Gasteiger partial charge on any atom is -0.368 e. The van der Waals surface area contributed by atoms with Crippen LogP contribution in [0.15, 0.2) is 36.8 Å². The van der Waals surface area contributed by atoms with E-state index in [2.05, 4.69) is 50.7 Å². The van der Waals surface area contributed by atoms with Crippen molar-refractivity contribution in [3.05, 3.63) is 42.5 Å². The summed E-state index contributed by atoms with van der Waals surface area (Å²) in [5, 5.41) is 0. The summed E-state index contributed by atoms with van der Waals surface area (Å²) in [7, 11) is 0. The molecule has 0 amide bonds. The molecule has 3 heterocycles. The lowest BCUT2D eigenvalue weighted by Crippen LogP contribution is -2.47. The van der Waals surface area contributed by atoms with Crippen molar-refractivity contribution < 1.29 is 0 Å². The molecule has 5 nitrogen and oxygen atoms in total. The maximum absolute atomic E-state index is 4.68. The van der Waals surface area contributed by atoms with Gasteiger partial charge in [0, 0.05) is 56.2 Å². The zero-order valence-electron chi connectivity index (χ0n) is 12.6. The van der Waals surface area contributed by atoms with Crippen molar-refractivity contribution in [1.82, 2.24) is 15.0 Å². The van der Waals surface area contributed by atoms with Crippen molar-refractivity contribution in [1.29, 1.82) is 0 Å². The molecule has 0 aromatic carbocycles. The molecule has 1 aliphatic rings. The number of anilines is 2. The SMILES string of the molecule is CC(C)c1ccnc(N2CCN(c3ccncc3)CC2)n1. The molecule has 0 unspecified atom stereocenters. The van der Waals surface area contributed by atoms with Gasteiger partial charge in [0.1, 0.15) is 0 Å². The molecule has 0 aliphatic carbocycles. The third kappa shape index (κ3) is 3.12. The van der Waals surface area contributed by atoms with Gasteiger partial charge in [0.05, 0.1) is 0 Å². The summed E-state index contributed by atoms with van der Waals surface area (Å²) in [4.78, 5) is 17.8. The highest BCUT2D eigenvalue weighted by atomic mass is 15.3. The van der Waals surface area contributed by atoms with E-state index in [1.165, 1.54) is 5.69 Å². The van der Waals surface area contributed by atoms with Gasteiger partial charge in [0.25, 0.3) is 0 Å². The molecule has 0 radical (unpaired) electrons. The second-order valence-corrected chi connectivity index (χ2v) is 5.62. The molecule has 0 saturated carbocycles. The van der Waals surface area contributed by atoms with E-state index in [4.69, 9.17) is 0 Å². The summed E-state index contributed by atoms with van der Waals surface area (Å²) in [6.07, 6.45) is 5.56. The van der Waals surface area contributed by atoms with Crippen LogP contribution in [0.25, 0.3) is 0 Å². The Morgan fingerprint density at radius 1 is 0.905 bits per heavy atom. The van der Waals surface area contributed by atoms with Gasteiger partial charge in [0.15, 0.2) is 0 Å². The third-order valence-corrected chi connectivity index (χ3v) is 3.85. The number of nitrogens with zero attached hydrogens (tertiary/aromatic N) is 5. The number of pyridine rings is 1. The molecule has 2 aromatic rings. The Bertz CT molecular complexity index is 576. The maximum atomic E-state index is 4.68. The molecule has 110 valence electrons. The van der Waals surface area contributed by atoms with Gasteiger partial charge in [-0.25, -0.2) is 9.97 Å². The average molecular weight is 283 g/mol. The minimum absolute atomic E-state index is 0.435. The predicted molar refractivity (Wildman–Crippen MR) is 84.8 cm³/mol. The van der Waals surface area contributed by atoms with Gasteiger partial charge in [-0.05, 0) is 24.1 Å². The molecule has 5 heteroatoms. The summed E-state index contributed by atoms with van der Waals surface area (Å²) in [5.74, 6) is 1.29. The summed E-state index contributed by atoms with van der Waals surface area (Å²) in [6.45, 7) is 8.19. The molecule has 3 rings (SSSR count). The van der Waals surface area contributed by atoms with E-state index >= 15 is 0 Å². The van der Waals surface area contributed by atoms with Crippen molar-refractivity contribution in [3.63, 3.8) is 0 Å². The van der Waals surface area contributed by atoms with Gasteiger partial charge in [-0.2, -0.15) is 0 Å². The van der Waals surface area contributed by atoms with Gasteiger partial charge >= 0.3 is 0 Å². The largest absolute Gasteiger partial charge is 0.368 e. The van der Waals surface area contributed by atoms with E-state index in [9.17, 15) is 0 Å². The Morgan fingerprint density at radius 3 is 2.24 bits per heavy atom. The lowest BCUT2D eigenvalue weighted by Gasteiger charge is -2.36. The second kappa shape index (κ2) is 6.08. The van der Waals surface area contributed by atoms with Crippen LogP contribution in [0.4, 0.5) is 11.6 Å². The Morgan fingerprint density at radius 2 is 1.57 bits per heavy atom. The molecule has 1 aliphatic heterocycles. The lowest BCUT2D eigenvalue weighted by molar-refractivity contribution is 0.636. The van der Waals surface area contributed by atoms with Crippen LogP contribution in [0, 0.1) is 0 Å². The van der Waals surface area contributed by atoms with Gasteiger partial charge in [-0.15, -0.1) is 0 Å². The molecule has 0 spiro atoms. The lowest BCUT2D eigenvalue weighted by atomic mass is 10.1. The Kier molecular flexibility index (Phi) is 3.99. The highest BCUT2D eigenvalue weighted by Gasteiger charge is 2.19. The molecular formula is C16H21N5. The van der Waals surface area contributed by atoms with Crippen LogP contribution >= 0.6 is 0 Å². The summed E-state index contributed by atoms with van der Waals surface area (Å²) >= 11 is 0. The van der Waals surface area contributed by atoms with Crippen LogP contribution in [0.3, 0.4) is 0 Å². The van der Waals surface area contributed by atoms with Gasteiger partial charge in [-0.3, -0.25) is 4.98 Å². The van der Waals surface area contributed by atoms with Crippen molar-refractivity contribution in [3.8, 4) is 0 Å². The smallest absolute Gasteiger partial charge is 0.225 e. The van der Waals surface area contributed by atoms with Gasteiger partial charge in [-0.1, -0.05) is 13.8 Å². The maximum Gasteiger partial charge on any atom is 0.225 e. The van der Waals surface area contributed by atoms with Crippen molar-refractivity contribution in [2.24, 2.45) is 0 Å². The third-order valence-electron chi connectivity index (χ3n) is 3.85. The second-order valence-electron chi connectivity index (χ2n) is 5.62. The van der Waals surface area contributed by atoms with Crippen molar-refractivity contribution >= 4 is 11.6 Å². The van der Waals surface area contributed by atoms with E-state index in [-0.39, 0.29) is 0 Å². The molecule has 1 fully saturated rings. The first-order chi connectivity index (χ1) is 10.2. The molecular weight excluding hydrogens is 262 g/mol. The van der Waals surface area contributed by atoms with E-state index < -0.39 is 0 Å². The fourth-order valence-corrected chi connectivity index (χ4v) is 2.56. The van der Waals surface area contributed by atoms with E-state index in [0.29, 0.717) is 5.92 Å². The summed E-state index contributed by atoms with van der Waals surface area (Å²) in [6, 6.07) is 6.12. The fraction of sp³-hybridized carbons (Fsp3) is 0.438. The molecule has 0 bridgehead atoms. The number of hydrogen-bond donors (Lipinski definition) is 0. The number of aromatic nitrogens is 3. The highest BCUT2D eigenvalue weighted by Crippen LogP contribution is 2.19. The molecule has 0 atom stereocenters. The topological polar surface area (TPSA) is 45.2 Å². The van der Waals surface area contributed by atoms with Crippen molar-refractivity contribution in [2.45, 2.75) is 19.8 Å². The number of hydrogen-bond acceptors (Lipinski definition) is 5. The monoisotopic (exact) mass is 283 g/mol. The molecule has 1 saturated heterocycles. The van der Waals surface area contributed by atoms with Gasteiger partial charge < -0.3 is 9.80 Å². The first-order valence-corrected chi connectivity index (χ1v) is 7.47. The highest BCUT2D eigenvalue weighted by molar-refractivity contribution is 5.47. The summed E-state index contributed by atoms with van der Waals surface area (Å²) in [5.41, 5.74) is 2.35.